The van der Waals surface area contributed by atoms with Crippen molar-refractivity contribution in [1.29, 1.82) is 0 Å². The molecule has 1 saturated heterocycles. The van der Waals surface area contributed by atoms with E-state index in [1.54, 1.807) is 18.2 Å². The number of para-hydroxylation sites is 1. The number of carbonyl (C=O) groups excluding carboxylic acids is 2. The first kappa shape index (κ1) is 20.3. The van der Waals surface area contributed by atoms with E-state index in [4.69, 9.17) is 9.26 Å². The smallest absolute Gasteiger partial charge is 0.312 e. The number of hydrogen-bond donors (Lipinski definition) is 0. The molecule has 0 N–H and O–H groups in total. The molecule has 28 heavy (non-hydrogen) atoms. The highest BCUT2D eigenvalue weighted by atomic mass is 32.2. The molecule has 0 saturated carbocycles. The lowest BCUT2D eigenvalue weighted by molar-refractivity contribution is -0.152. The highest BCUT2D eigenvalue weighted by molar-refractivity contribution is 7.91. The molecule has 1 amide bonds. The zero-order valence-electron chi connectivity index (χ0n) is 16.0. The monoisotopic (exact) mass is 408 g/mol. The number of carbonyl (C=O) groups is 2. The molecule has 0 spiro atoms. The van der Waals surface area contributed by atoms with Crippen molar-refractivity contribution in [3.63, 3.8) is 0 Å². The van der Waals surface area contributed by atoms with Crippen LogP contribution in [0.15, 0.2) is 28.8 Å². The summed E-state index contributed by atoms with van der Waals surface area (Å²) in [6.07, 6.45) is 0.311. The van der Waals surface area contributed by atoms with Gasteiger partial charge in [-0.05, 0) is 24.5 Å². The lowest BCUT2D eigenvalue weighted by atomic mass is 10.1. The standard InChI is InChI=1S/C19H24N2O6S/c1-13(2)10-21(14-7-8-28(24,25)12-14)18(22)11-26-19(23)9-16-15-5-3-4-6-17(15)27-20-16/h3-6,13-14H,7-12H2,1-2H3/t14-/m1/s1. The number of hydrogen-bond acceptors (Lipinski definition) is 7. The van der Waals surface area contributed by atoms with Gasteiger partial charge in [0.05, 0.1) is 17.9 Å². The van der Waals surface area contributed by atoms with Crippen LogP contribution in [-0.4, -0.2) is 61.1 Å². The van der Waals surface area contributed by atoms with E-state index in [0.29, 0.717) is 24.2 Å². The van der Waals surface area contributed by atoms with Crippen LogP contribution in [0.4, 0.5) is 0 Å². The maximum atomic E-state index is 12.6. The van der Waals surface area contributed by atoms with E-state index in [2.05, 4.69) is 5.16 Å². The van der Waals surface area contributed by atoms with Crippen LogP contribution >= 0.6 is 0 Å². The molecule has 1 aliphatic rings. The fraction of sp³-hybridized carbons (Fsp3) is 0.526. The van der Waals surface area contributed by atoms with Crippen LogP contribution in [0.3, 0.4) is 0 Å². The molecule has 0 bridgehead atoms. The molecule has 2 aromatic rings. The Morgan fingerprint density at radius 2 is 2.07 bits per heavy atom. The predicted octanol–water partition coefficient (Wildman–Crippen LogP) is 1.59. The van der Waals surface area contributed by atoms with Gasteiger partial charge in [-0.25, -0.2) is 8.42 Å². The molecule has 0 aliphatic carbocycles. The van der Waals surface area contributed by atoms with Gasteiger partial charge in [0.2, 0.25) is 0 Å². The van der Waals surface area contributed by atoms with Gasteiger partial charge in [-0.3, -0.25) is 9.59 Å². The van der Waals surface area contributed by atoms with Gasteiger partial charge in [-0.1, -0.05) is 31.1 Å². The summed E-state index contributed by atoms with van der Waals surface area (Å²) >= 11 is 0. The molecule has 0 unspecified atom stereocenters. The third-order valence-electron chi connectivity index (χ3n) is 4.65. The Morgan fingerprint density at radius 3 is 2.75 bits per heavy atom. The molecule has 152 valence electrons. The summed E-state index contributed by atoms with van der Waals surface area (Å²) in [5.74, 6) is -0.752. The topological polar surface area (TPSA) is 107 Å². The van der Waals surface area contributed by atoms with E-state index in [9.17, 15) is 18.0 Å². The molecular weight excluding hydrogens is 384 g/mol. The summed E-state index contributed by atoms with van der Waals surface area (Å²) in [7, 11) is -3.12. The van der Waals surface area contributed by atoms with Gasteiger partial charge in [0.15, 0.2) is 22.0 Å². The first-order valence-corrected chi connectivity index (χ1v) is 11.1. The van der Waals surface area contributed by atoms with Crippen LogP contribution in [-0.2, 0) is 30.6 Å². The molecule has 3 rings (SSSR count). The van der Waals surface area contributed by atoms with Gasteiger partial charge in [0, 0.05) is 18.0 Å². The summed E-state index contributed by atoms with van der Waals surface area (Å²) in [6.45, 7) is 3.90. The maximum absolute atomic E-state index is 12.6. The van der Waals surface area contributed by atoms with E-state index in [1.165, 1.54) is 4.90 Å². The molecule has 1 atom stereocenters. The molecule has 2 heterocycles. The minimum atomic E-state index is -3.12. The lowest BCUT2D eigenvalue weighted by Gasteiger charge is -2.29. The van der Waals surface area contributed by atoms with Crippen LogP contribution in [0.1, 0.15) is 26.0 Å². The minimum absolute atomic E-state index is 0.0374. The molecule has 8 nitrogen and oxygen atoms in total. The van der Waals surface area contributed by atoms with Crippen LogP contribution in [0.2, 0.25) is 0 Å². The number of sulfone groups is 1. The number of amides is 1. The molecule has 1 aromatic heterocycles. The van der Waals surface area contributed by atoms with E-state index >= 15 is 0 Å². The third kappa shape index (κ3) is 4.89. The van der Waals surface area contributed by atoms with Gasteiger partial charge in [-0.15, -0.1) is 0 Å². The quantitative estimate of drug-likeness (QED) is 0.640. The predicted molar refractivity (Wildman–Crippen MR) is 102 cm³/mol. The van der Waals surface area contributed by atoms with Gasteiger partial charge in [-0.2, -0.15) is 0 Å². The Balaban J connectivity index is 1.59. The number of fused-ring (bicyclic) bond motifs is 1. The first-order valence-electron chi connectivity index (χ1n) is 9.24. The molecule has 0 radical (unpaired) electrons. The molecule has 1 fully saturated rings. The van der Waals surface area contributed by atoms with E-state index in [1.807, 2.05) is 19.9 Å². The zero-order valence-corrected chi connectivity index (χ0v) is 16.8. The van der Waals surface area contributed by atoms with Crippen molar-refractivity contribution >= 4 is 32.7 Å². The largest absolute Gasteiger partial charge is 0.455 e. The van der Waals surface area contributed by atoms with Crippen LogP contribution in [0.5, 0.6) is 0 Å². The molecular formula is C19H24N2O6S. The van der Waals surface area contributed by atoms with Crippen LogP contribution < -0.4 is 0 Å². The second kappa shape index (κ2) is 8.30. The second-order valence-electron chi connectivity index (χ2n) is 7.46. The second-order valence-corrected chi connectivity index (χ2v) is 9.69. The Labute approximate surface area is 163 Å². The summed E-state index contributed by atoms with van der Waals surface area (Å²) in [5, 5.41) is 4.60. The summed E-state index contributed by atoms with van der Waals surface area (Å²) < 4.78 is 33.8. The van der Waals surface area contributed by atoms with Crippen LogP contribution in [0.25, 0.3) is 11.0 Å². The summed E-state index contributed by atoms with van der Waals surface area (Å²) in [5.41, 5.74) is 1.03. The maximum Gasteiger partial charge on any atom is 0.312 e. The SMILES string of the molecule is CC(C)CN(C(=O)COC(=O)Cc1noc2ccccc12)[C@@H]1CCS(=O)(=O)C1. The molecule has 9 heteroatoms. The number of benzene rings is 1. The van der Waals surface area contributed by atoms with Gasteiger partial charge < -0.3 is 14.2 Å². The van der Waals surface area contributed by atoms with E-state index < -0.39 is 22.4 Å². The Bertz CT molecular complexity index is 966. The van der Waals surface area contributed by atoms with Gasteiger partial charge in [0.25, 0.3) is 5.91 Å². The van der Waals surface area contributed by atoms with Crippen molar-refractivity contribution in [2.24, 2.45) is 5.92 Å². The average Bonchev–Trinajstić information content (AvgIpc) is 3.20. The average molecular weight is 408 g/mol. The number of rotatable bonds is 7. The van der Waals surface area contributed by atoms with Gasteiger partial charge >= 0.3 is 5.97 Å². The highest BCUT2D eigenvalue weighted by Crippen LogP contribution is 2.20. The van der Waals surface area contributed by atoms with Crippen molar-refractivity contribution < 1.29 is 27.3 Å². The number of nitrogens with zero attached hydrogens (tertiary/aromatic N) is 2. The third-order valence-corrected chi connectivity index (χ3v) is 6.40. The Morgan fingerprint density at radius 1 is 1.32 bits per heavy atom. The number of ether oxygens (including phenoxy) is 1. The van der Waals surface area contributed by atoms with Gasteiger partial charge in [0.1, 0.15) is 5.69 Å². The Hall–Kier alpha value is -2.42. The zero-order chi connectivity index (χ0) is 20.3. The number of aromatic nitrogens is 1. The van der Waals surface area contributed by atoms with E-state index in [0.717, 1.165) is 5.39 Å². The van der Waals surface area contributed by atoms with Crippen molar-refractivity contribution in [3.8, 4) is 0 Å². The fourth-order valence-corrected chi connectivity index (χ4v) is 5.08. The normalized spacial score (nSPS) is 18.5. The molecule has 1 aliphatic heterocycles. The van der Waals surface area contributed by atoms with Crippen molar-refractivity contribution in [3.05, 3.63) is 30.0 Å². The van der Waals surface area contributed by atoms with E-state index in [-0.39, 0.29) is 35.8 Å². The fourth-order valence-electron chi connectivity index (χ4n) is 3.35. The Kier molecular flexibility index (Phi) is 6.02. The number of esters is 1. The summed E-state index contributed by atoms with van der Waals surface area (Å²) in [6, 6.07) is 6.81. The minimum Gasteiger partial charge on any atom is -0.455 e. The van der Waals surface area contributed by atoms with Crippen molar-refractivity contribution in [2.75, 3.05) is 24.7 Å². The molecule has 1 aromatic carbocycles. The van der Waals surface area contributed by atoms with Crippen LogP contribution in [0, 0.1) is 5.92 Å². The van der Waals surface area contributed by atoms with Crippen molar-refractivity contribution in [2.45, 2.75) is 32.7 Å². The lowest BCUT2D eigenvalue weighted by Crippen LogP contribution is -2.45. The first-order chi connectivity index (χ1) is 13.2. The highest BCUT2D eigenvalue weighted by Gasteiger charge is 2.35. The van der Waals surface area contributed by atoms with Crippen molar-refractivity contribution in [1.82, 2.24) is 10.1 Å². The summed E-state index contributed by atoms with van der Waals surface area (Å²) in [4.78, 5) is 26.3.